The molecule has 0 saturated carbocycles. The first-order valence-corrected chi connectivity index (χ1v) is 10.1. The Labute approximate surface area is 189 Å². The average Bonchev–Trinajstić information content (AvgIpc) is 3.13. The van der Waals surface area contributed by atoms with E-state index >= 15 is 0 Å². The summed E-state index contributed by atoms with van der Waals surface area (Å²) in [6.07, 6.45) is 1.66. The molecule has 4 aromatic rings. The van der Waals surface area contributed by atoms with E-state index in [0.29, 0.717) is 22.3 Å². The highest BCUT2D eigenvalue weighted by molar-refractivity contribution is 6.32. The van der Waals surface area contributed by atoms with E-state index in [-0.39, 0.29) is 12.3 Å². The third kappa shape index (κ3) is 3.98. The molecule has 0 fully saturated rings. The second kappa shape index (κ2) is 8.65. The molecule has 0 aliphatic heterocycles. The minimum Gasteiger partial charge on any atom is -0.487 e. The van der Waals surface area contributed by atoms with Gasteiger partial charge in [0, 0.05) is 18.2 Å². The number of aromatic nitrogens is 5. The lowest BCUT2D eigenvalue weighted by molar-refractivity contribution is 0.305. The average molecular weight is 447 g/mol. The molecule has 0 N–H and O–H groups in total. The Hall–Kier alpha value is -3.96. The van der Waals surface area contributed by atoms with Gasteiger partial charge in [0.05, 0.1) is 10.7 Å². The smallest absolute Gasteiger partial charge is 0.368 e. The number of rotatable bonds is 5. The van der Waals surface area contributed by atoms with Gasteiger partial charge < -0.3 is 9.58 Å². The second-order valence-corrected chi connectivity index (χ2v) is 7.68. The van der Waals surface area contributed by atoms with Crippen LogP contribution in [0.4, 0.5) is 5.82 Å². The van der Waals surface area contributed by atoms with Crippen LogP contribution in [0, 0.1) is 20.4 Å². The summed E-state index contributed by atoms with van der Waals surface area (Å²) in [5.41, 5.74) is 4.77. The molecule has 0 saturated heterocycles. The normalized spacial score (nSPS) is 10.7. The fraction of sp³-hybridized carbons (Fsp3) is 0.174. The van der Waals surface area contributed by atoms with Gasteiger partial charge in [0.2, 0.25) is 0 Å². The summed E-state index contributed by atoms with van der Waals surface area (Å²) in [6.45, 7) is 11.1. The molecule has 8 nitrogen and oxygen atoms in total. The van der Waals surface area contributed by atoms with Gasteiger partial charge in [-0.15, -0.1) is 4.98 Å². The Balaban J connectivity index is 1.64. The third-order valence-corrected chi connectivity index (χ3v) is 5.46. The van der Waals surface area contributed by atoms with Gasteiger partial charge in [-0.2, -0.15) is 9.36 Å². The summed E-state index contributed by atoms with van der Waals surface area (Å²) in [4.78, 5) is 19.8. The fourth-order valence-corrected chi connectivity index (χ4v) is 3.59. The standard InChI is InChI=1S/C23H19ClN6O2/c1-14-6-5-7-20(30-23(31)29(4)27-28-30)18(14)13-32-21-10-15(2)17(11-19(21)24)16-8-9-22(25-3)26-12-16/h5-12H,13H2,1-2,4H3. The number of ether oxygens (including phenoxy) is 1. The van der Waals surface area contributed by atoms with Gasteiger partial charge >= 0.3 is 5.69 Å². The molecule has 32 heavy (non-hydrogen) atoms. The van der Waals surface area contributed by atoms with Crippen molar-refractivity contribution in [2.75, 3.05) is 0 Å². The molecule has 0 atom stereocenters. The molecule has 0 bridgehead atoms. The number of aryl methyl sites for hydroxylation is 3. The van der Waals surface area contributed by atoms with Crippen LogP contribution in [-0.2, 0) is 13.7 Å². The molecular weight excluding hydrogens is 428 g/mol. The van der Waals surface area contributed by atoms with Crippen molar-refractivity contribution in [3.8, 4) is 22.6 Å². The minimum atomic E-state index is -0.340. The summed E-state index contributed by atoms with van der Waals surface area (Å²) < 4.78 is 8.49. The highest BCUT2D eigenvalue weighted by Crippen LogP contribution is 2.34. The van der Waals surface area contributed by atoms with Crippen molar-refractivity contribution >= 4 is 17.4 Å². The van der Waals surface area contributed by atoms with Gasteiger partial charge in [-0.25, -0.2) is 4.79 Å². The van der Waals surface area contributed by atoms with Crippen LogP contribution < -0.4 is 10.4 Å². The van der Waals surface area contributed by atoms with Crippen LogP contribution in [0.15, 0.2) is 53.5 Å². The first-order valence-electron chi connectivity index (χ1n) is 9.73. The second-order valence-electron chi connectivity index (χ2n) is 7.27. The lowest BCUT2D eigenvalue weighted by atomic mass is 10.0. The van der Waals surface area contributed by atoms with Crippen LogP contribution >= 0.6 is 11.6 Å². The summed E-state index contributed by atoms with van der Waals surface area (Å²) in [5.74, 6) is 0.869. The van der Waals surface area contributed by atoms with Crippen LogP contribution in [0.25, 0.3) is 21.7 Å². The van der Waals surface area contributed by atoms with Gasteiger partial charge in [0.25, 0.3) is 5.82 Å². The molecular formula is C23H19ClN6O2. The molecule has 0 amide bonds. The molecule has 0 unspecified atom stereocenters. The van der Waals surface area contributed by atoms with E-state index in [1.165, 1.54) is 9.36 Å². The van der Waals surface area contributed by atoms with Gasteiger partial charge in [0.1, 0.15) is 18.6 Å². The van der Waals surface area contributed by atoms with Crippen LogP contribution in [0.1, 0.15) is 16.7 Å². The summed E-state index contributed by atoms with van der Waals surface area (Å²) in [7, 11) is 1.55. The summed E-state index contributed by atoms with van der Waals surface area (Å²) >= 11 is 6.53. The summed E-state index contributed by atoms with van der Waals surface area (Å²) in [6, 6.07) is 12.8. The van der Waals surface area contributed by atoms with Crippen molar-refractivity contribution in [3.63, 3.8) is 0 Å². The van der Waals surface area contributed by atoms with Crippen molar-refractivity contribution in [1.82, 2.24) is 24.8 Å². The van der Waals surface area contributed by atoms with Crippen LogP contribution in [0.3, 0.4) is 0 Å². The molecule has 9 heteroatoms. The molecule has 0 spiro atoms. The number of pyridine rings is 1. The van der Waals surface area contributed by atoms with E-state index in [4.69, 9.17) is 22.9 Å². The topological polar surface area (TPSA) is 79.2 Å². The quantitative estimate of drug-likeness (QED) is 0.424. The number of benzene rings is 2. The van der Waals surface area contributed by atoms with Crippen molar-refractivity contribution in [1.29, 1.82) is 0 Å². The number of hydrogen-bond donors (Lipinski definition) is 0. The van der Waals surface area contributed by atoms with Crippen LogP contribution in [-0.4, -0.2) is 24.8 Å². The van der Waals surface area contributed by atoms with Gasteiger partial charge in [0.15, 0.2) is 0 Å². The summed E-state index contributed by atoms with van der Waals surface area (Å²) in [5, 5.41) is 8.18. The van der Waals surface area contributed by atoms with E-state index in [1.54, 1.807) is 25.4 Å². The SMILES string of the molecule is [C-]#[N+]c1ccc(-c2cc(Cl)c(OCc3c(C)cccc3-n3nnn(C)c3=O)cc2C)cn1. The number of hydrogen-bond acceptors (Lipinski definition) is 5. The molecule has 0 radical (unpaired) electrons. The Kier molecular flexibility index (Phi) is 5.75. The Morgan fingerprint density at radius 3 is 2.59 bits per heavy atom. The van der Waals surface area contributed by atoms with Crippen molar-refractivity contribution in [3.05, 3.63) is 92.3 Å². The highest BCUT2D eigenvalue weighted by Gasteiger charge is 2.15. The Morgan fingerprint density at radius 2 is 1.94 bits per heavy atom. The molecule has 2 aromatic heterocycles. The molecule has 0 aliphatic carbocycles. The molecule has 2 aromatic carbocycles. The first-order chi connectivity index (χ1) is 15.4. The zero-order valence-electron chi connectivity index (χ0n) is 17.7. The highest BCUT2D eigenvalue weighted by atomic mass is 35.5. The van der Waals surface area contributed by atoms with Crippen LogP contribution in [0.2, 0.25) is 5.02 Å². The Morgan fingerprint density at radius 1 is 1.12 bits per heavy atom. The van der Waals surface area contributed by atoms with Crippen molar-refractivity contribution < 1.29 is 4.74 Å². The fourth-order valence-electron chi connectivity index (χ4n) is 3.38. The third-order valence-electron chi connectivity index (χ3n) is 5.16. The largest absolute Gasteiger partial charge is 0.487 e. The van der Waals surface area contributed by atoms with Gasteiger partial charge in [-0.1, -0.05) is 36.4 Å². The number of halogens is 1. The first kappa shape index (κ1) is 21.3. The van der Waals surface area contributed by atoms with Crippen LogP contribution in [0.5, 0.6) is 5.75 Å². The maximum absolute atomic E-state index is 12.3. The van der Waals surface area contributed by atoms with Gasteiger partial charge in [-0.3, -0.25) is 0 Å². The van der Waals surface area contributed by atoms with Crippen molar-refractivity contribution in [2.45, 2.75) is 20.5 Å². The lowest BCUT2D eigenvalue weighted by Crippen LogP contribution is -2.23. The van der Waals surface area contributed by atoms with E-state index in [0.717, 1.165) is 27.8 Å². The van der Waals surface area contributed by atoms with E-state index in [9.17, 15) is 4.79 Å². The predicted octanol–water partition coefficient (Wildman–Crippen LogP) is 4.43. The van der Waals surface area contributed by atoms with E-state index in [1.807, 2.05) is 44.2 Å². The lowest BCUT2D eigenvalue weighted by Gasteiger charge is -2.15. The molecule has 4 rings (SSSR count). The van der Waals surface area contributed by atoms with E-state index < -0.39 is 0 Å². The van der Waals surface area contributed by atoms with Gasteiger partial charge in [-0.05, 0) is 65.2 Å². The zero-order chi connectivity index (χ0) is 22.8. The minimum absolute atomic E-state index is 0.199. The number of tetrazole rings is 1. The van der Waals surface area contributed by atoms with E-state index in [2.05, 4.69) is 20.3 Å². The maximum Gasteiger partial charge on any atom is 0.368 e. The monoisotopic (exact) mass is 446 g/mol. The number of nitrogens with zero attached hydrogens (tertiary/aromatic N) is 6. The predicted molar refractivity (Wildman–Crippen MR) is 121 cm³/mol. The molecule has 2 heterocycles. The molecule has 0 aliphatic rings. The zero-order valence-corrected chi connectivity index (χ0v) is 18.5. The molecule has 160 valence electrons. The Bertz CT molecular complexity index is 1400. The maximum atomic E-state index is 12.3. The van der Waals surface area contributed by atoms with Crippen molar-refractivity contribution in [2.24, 2.45) is 7.05 Å².